The quantitative estimate of drug-likeness (QED) is 0.764. The van der Waals surface area contributed by atoms with Crippen LogP contribution in [0.15, 0.2) is 46.9 Å². The standard InChI is InChI=1S/C18H16N2O/c1-12-7-8-14(10-19)9-17(12)20-11-16-13(2)21-18-6-4-3-5-15(16)18/h3-9,20H,11H2,1-2H3. The Hall–Kier alpha value is -2.73. The number of nitriles is 1. The maximum absolute atomic E-state index is 9.00. The number of para-hydroxylation sites is 1. The Morgan fingerprint density at radius 3 is 2.76 bits per heavy atom. The summed E-state index contributed by atoms with van der Waals surface area (Å²) >= 11 is 0. The molecule has 0 bridgehead atoms. The Kier molecular flexibility index (Phi) is 3.37. The van der Waals surface area contributed by atoms with Crippen molar-refractivity contribution in [2.45, 2.75) is 20.4 Å². The topological polar surface area (TPSA) is 49.0 Å². The first kappa shape index (κ1) is 13.3. The van der Waals surface area contributed by atoms with Crippen LogP contribution in [-0.2, 0) is 6.54 Å². The lowest BCUT2D eigenvalue weighted by Gasteiger charge is -2.09. The van der Waals surface area contributed by atoms with E-state index in [1.807, 2.05) is 50.2 Å². The number of rotatable bonds is 3. The molecule has 0 saturated heterocycles. The second kappa shape index (κ2) is 5.34. The second-order valence-electron chi connectivity index (χ2n) is 5.13. The second-order valence-corrected chi connectivity index (χ2v) is 5.13. The normalized spacial score (nSPS) is 10.5. The average Bonchev–Trinajstić information content (AvgIpc) is 2.82. The lowest BCUT2D eigenvalue weighted by atomic mass is 10.1. The highest BCUT2D eigenvalue weighted by Gasteiger charge is 2.10. The zero-order valence-corrected chi connectivity index (χ0v) is 12.1. The zero-order valence-electron chi connectivity index (χ0n) is 12.1. The molecule has 0 fully saturated rings. The number of anilines is 1. The first-order chi connectivity index (χ1) is 10.2. The van der Waals surface area contributed by atoms with E-state index in [0.29, 0.717) is 12.1 Å². The smallest absolute Gasteiger partial charge is 0.134 e. The molecule has 0 spiro atoms. The molecule has 0 saturated carbocycles. The van der Waals surface area contributed by atoms with Gasteiger partial charge in [-0.1, -0.05) is 24.3 Å². The van der Waals surface area contributed by atoms with Crippen molar-refractivity contribution in [3.63, 3.8) is 0 Å². The molecule has 0 atom stereocenters. The molecule has 3 nitrogen and oxygen atoms in total. The minimum atomic E-state index is 0.664. The molecule has 104 valence electrons. The molecular formula is C18H16N2O. The first-order valence-electron chi connectivity index (χ1n) is 6.90. The third-order valence-electron chi connectivity index (χ3n) is 3.72. The van der Waals surface area contributed by atoms with Crippen molar-refractivity contribution < 1.29 is 4.42 Å². The first-order valence-corrected chi connectivity index (χ1v) is 6.90. The summed E-state index contributed by atoms with van der Waals surface area (Å²) in [5.74, 6) is 0.929. The molecule has 0 amide bonds. The molecule has 1 N–H and O–H groups in total. The molecule has 3 aromatic rings. The zero-order chi connectivity index (χ0) is 14.8. The van der Waals surface area contributed by atoms with Crippen LogP contribution in [0.25, 0.3) is 11.0 Å². The van der Waals surface area contributed by atoms with Gasteiger partial charge in [-0.2, -0.15) is 5.26 Å². The molecule has 1 aromatic heterocycles. The molecule has 0 unspecified atom stereocenters. The van der Waals surface area contributed by atoms with E-state index < -0.39 is 0 Å². The molecule has 0 aliphatic carbocycles. The van der Waals surface area contributed by atoms with Crippen LogP contribution in [-0.4, -0.2) is 0 Å². The van der Waals surface area contributed by atoms with Gasteiger partial charge in [-0.3, -0.25) is 0 Å². The van der Waals surface area contributed by atoms with Crippen LogP contribution in [0.5, 0.6) is 0 Å². The molecule has 0 radical (unpaired) electrons. The molecule has 0 aliphatic rings. The fourth-order valence-corrected chi connectivity index (χ4v) is 2.51. The molecule has 3 rings (SSSR count). The minimum Gasteiger partial charge on any atom is -0.461 e. The van der Waals surface area contributed by atoms with E-state index in [0.717, 1.165) is 33.5 Å². The van der Waals surface area contributed by atoms with Crippen LogP contribution in [0, 0.1) is 25.2 Å². The predicted octanol–water partition coefficient (Wildman–Crippen LogP) is 4.53. The minimum absolute atomic E-state index is 0.664. The molecule has 21 heavy (non-hydrogen) atoms. The predicted molar refractivity (Wildman–Crippen MR) is 84.2 cm³/mol. The van der Waals surface area contributed by atoms with E-state index in [1.165, 1.54) is 0 Å². The van der Waals surface area contributed by atoms with Gasteiger partial charge >= 0.3 is 0 Å². The Balaban J connectivity index is 1.90. The third-order valence-corrected chi connectivity index (χ3v) is 3.72. The van der Waals surface area contributed by atoms with Crippen LogP contribution in [0.1, 0.15) is 22.5 Å². The van der Waals surface area contributed by atoms with Gasteiger partial charge in [0.1, 0.15) is 11.3 Å². The van der Waals surface area contributed by atoms with Gasteiger partial charge < -0.3 is 9.73 Å². The maximum Gasteiger partial charge on any atom is 0.134 e. The van der Waals surface area contributed by atoms with Gasteiger partial charge in [0.15, 0.2) is 0 Å². The lowest BCUT2D eigenvalue weighted by Crippen LogP contribution is -2.02. The van der Waals surface area contributed by atoms with Crippen LogP contribution in [0.4, 0.5) is 5.69 Å². The van der Waals surface area contributed by atoms with Crippen molar-refractivity contribution in [1.82, 2.24) is 0 Å². The van der Waals surface area contributed by atoms with E-state index in [2.05, 4.69) is 17.5 Å². The highest BCUT2D eigenvalue weighted by Crippen LogP contribution is 2.26. The number of furan rings is 1. The molecule has 1 heterocycles. The van der Waals surface area contributed by atoms with Gasteiger partial charge in [-0.05, 0) is 37.6 Å². The average molecular weight is 276 g/mol. The van der Waals surface area contributed by atoms with Crippen LogP contribution in [0.2, 0.25) is 0 Å². The van der Waals surface area contributed by atoms with Crippen molar-refractivity contribution in [2.75, 3.05) is 5.32 Å². The van der Waals surface area contributed by atoms with Crippen molar-refractivity contribution in [3.8, 4) is 6.07 Å². The monoisotopic (exact) mass is 276 g/mol. The van der Waals surface area contributed by atoms with Crippen molar-refractivity contribution in [1.29, 1.82) is 5.26 Å². The summed E-state index contributed by atoms with van der Waals surface area (Å²) in [5, 5.41) is 13.5. The largest absolute Gasteiger partial charge is 0.461 e. The Bertz CT molecular complexity index is 840. The number of hydrogen-bond acceptors (Lipinski definition) is 3. The lowest BCUT2D eigenvalue weighted by molar-refractivity contribution is 0.573. The summed E-state index contributed by atoms with van der Waals surface area (Å²) < 4.78 is 5.77. The molecule has 3 heteroatoms. The van der Waals surface area contributed by atoms with Gasteiger partial charge in [-0.25, -0.2) is 0 Å². The summed E-state index contributed by atoms with van der Waals surface area (Å²) in [6.45, 7) is 4.69. The van der Waals surface area contributed by atoms with Crippen molar-refractivity contribution in [2.24, 2.45) is 0 Å². The highest BCUT2D eigenvalue weighted by molar-refractivity contribution is 5.82. The summed E-state index contributed by atoms with van der Waals surface area (Å²) in [6.07, 6.45) is 0. The number of nitrogens with one attached hydrogen (secondary N) is 1. The van der Waals surface area contributed by atoms with Crippen LogP contribution < -0.4 is 5.32 Å². The number of nitrogens with zero attached hydrogens (tertiary/aromatic N) is 1. The Morgan fingerprint density at radius 1 is 1.14 bits per heavy atom. The summed E-state index contributed by atoms with van der Waals surface area (Å²) in [5.41, 5.74) is 4.84. The van der Waals surface area contributed by atoms with Crippen LogP contribution in [0.3, 0.4) is 0 Å². The highest BCUT2D eigenvalue weighted by atomic mass is 16.3. The summed E-state index contributed by atoms with van der Waals surface area (Å²) in [6, 6.07) is 15.9. The molecular weight excluding hydrogens is 260 g/mol. The van der Waals surface area contributed by atoms with Gasteiger partial charge in [-0.15, -0.1) is 0 Å². The number of hydrogen-bond donors (Lipinski definition) is 1. The van der Waals surface area contributed by atoms with Gasteiger partial charge in [0.25, 0.3) is 0 Å². The van der Waals surface area contributed by atoms with Gasteiger partial charge in [0.2, 0.25) is 0 Å². The molecule has 2 aromatic carbocycles. The Morgan fingerprint density at radius 2 is 1.95 bits per heavy atom. The SMILES string of the molecule is Cc1ccc(C#N)cc1NCc1c(C)oc2ccccc12. The van der Waals surface area contributed by atoms with E-state index >= 15 is 0 Å². The van der Waals surface area contributed by atoms with E-state index in [-0.39, 0.29) is 0 Å². The fourth-order valence-electron chi connectivity index (χ4n) is 2.51. The Labute approximate surface area is 123 Å². The van der Waals surface area contributed by atoms with Crippen molar-refractivity contribution in [3.05, 3.63) is 64.9 Å². The van der Waals surface area contributed by atoms with Gasteiger partial charge in [0, 0.05) is 23.2 Å². The van der Waals surface area contributed by atoms with Crippen molar-refractivity contribution >= 4 is 16.7 Å². The van der Waals surface area contributed by atoms with Crippen LogP contribution >= 0.6 is 0 Å². The van der Waals surface area contributed by atoms with Gasteiger partial charge in [0.05, 0.1) is 11.6 Å². The fraction of sp³-hybridized carbons (Fsp3) is 0.167. The van der Waals surface area contributed by atoms with E-state index in [4.69, 9.17) is 9.68 Å². The number of fused-ring (bicyclic) bond motifs is 1. The van der Waals surface area contributed by atoms with E-state index in [1.54, 1.807) is 0 Å². The summed E-state index contributed by atoms with van der Waals surface area (Å²) in [7, 11) is 0. The van der Waals surface area contributed by atoms with E-state index in [9.17, 15) is 0 Å². The number of benzene rings is 2. The number of aryl methyl sites for hydroxylation is 2. The third kappa shape index (κ3) is 2.48. The molecule has 0 aliphatic heterocycles. The summed E-state index contributed by atoms with van der Waals surface area (Å²) in [4.78, 5) is 0. The maximum atomic E-state index is 9.00.